The van der Waals surface area contributed by atoms with E-state index in [-0.39, 0.29) is 5.91 Å². The summed E-state index contributed by atoms with van der Waals surface area (Å²) in [6.45, 7) is 0. The number of rotatable bonds is 6. The van der Waals surface area contributed by atoms with Crippen LogP contribution in [-0.4, -0.2) is 25.1 Å². The minimum atomic E-state index is -0.310. The Morgan fingerprint density at radius 2 is 1.70 bits per heavy atom. The van der Waals surface area contributed by atoms with E-state index in [4.69, 9.17) is 21.1 Å². The maximum absolute atomic E-state index is 12.3. The topological polar surface area (TPSA) is 72.5 Å². The van der Waals surface area contributed by atoms with Gasteiger partial charge in [0.05, 0.1) is 26.1 Å². The lowest BCUT2D eigenvalue weighted by Gasteiger charge is -2.11. The Hall–Kier alpha value is -3.25. The summed E-state index contributed by atoms with van der Waals surface area (Å²) in [5.74, 6) is 0.956. The molecule has 0 aliphatic rings. The molecule has 7 heteroatoms. The Bertz CT molecular complexity index is 945. The first-order valence-corrected chi connectivity index (χ1v) is 8.49. The molecule has 1 aromatic heterocycles. The molecule has 2 N–H and O–H groups in total. The Labute approximate surface area is 162 Å². The monoisotopic (exact) mass is 383 g/mol. The summed E-state index contributed by atoms with van der Waals surface area (Å²) < 4.78 is 10.5. The van der Waals surface area contributed by atoms with Crippen molar-refractivity contribution in [2.45, 2.75) is 0 Å². The molecule has 0 aliphatic carbocycles. The second kappa shape index (κ2) is 8.42. The van der Waals surface area contributed by atoms with Gasteiger partial charge < -0.3 is 20.1 Å². The lowest BCUT2D eigenvalue weighted by Crippen LogP contribution is -2.13. The minimum absolute atomic E-state index is 0.299. The average Bonchev–Trinajstić information content (AvgIpc) is 2.68. The Balaban J connectivity index is 1.69. The Morgan fingerprint density at radius 1 is 0.926 bits per heavy atom. The molecule has 1 heterocycles. The maximum Gasteiger partial charge on any atom is 0.274 e. The van der Waals surface area contributed by atoms with Gasteiger partial charge in [0.2, 0.25) is 0 Å². The number of halogens is 1. The number of carbonyl (C=O) groups excluding carboxylic acids is 1. The van der Waals surface area contributed by atoms with E-state index in [0.717, 1.165) is 11.4 Å². The number of benzene rings is 2. The molecule has 0 bridgehead atoms. The predicted molar refractivity (Wildman–Crippen MR) is 106 cm³/mol. The van der Waals surface area contributed by atoms with Crippen LogP contribution in [0.5, 0.6) is 11.5 Å². The van der Waals surface area contributed by atoms with Crippen molar-refractivity contribution < 1.29 is 14.3 Å². The highest BCUT2D eigenvalue weighted by molar-refractivity contribution is 6.30. The van der Waals surface area contributed by atoms with Gasteiger partial charge in [-0.1, -0.05) is 17.7 Å². The van der Waals surface area contributed by atoms with Gasteiger partial charge in [0.1, 0.15) is 5.69 Å². The van der Waals surface area contributed by atoms with Gasteiger partial charge in [0, 0.05) is 22.5 Å². The van der Waals surface area contributed by atoms with Crippen LogP contribution in [0.25, 0.3) is 0 Å². The van der Waals surface area contributed by atoms with Crippen molar-refractivity contribution in [3.8, 4) is 11.5 Å². The summed E-state index contributed by atoms with van der Waals surface area (Å²) in [6, 6.07) is 15.8. The SMILES string of the molecule is COc1ccc(Nc2ccc(C(=O)Nc3cccc(Cl)c3)nc2)cc1OC. The number of carbonyl (C=O) groups is 1. The summed E-state index contributed by atoms with van der Waals surface area (Å²) in [5.41, 5.74) is 2.46. The van der Waals surface area contributed by atoms with Gasteiger partial charge in [0.25, 0.3) is 5.91 Å². The average molecular weight is 384 g/mol. The number of hydrogen-bond donors (Lipinski definition) is 2. The summed E-state index contributed by atoms with van der Waals surface area (Å²) in [5, 5.41) is 6.52. The van der Waals surface area contributed by atoms with Crippen molar-refractivity contribution in [1.82, 2.24) is 4.98 Å². The first kappa shape index (κ1) is 18.5. The highest BCUT2D eigenvalue weighted by atomic mass is 35.5. The molecule has 0 fully saturated rings. The van der Waals surface area contributed by atoms with Crippen molar-refractivity contribution in [3.63, 3.8) is 0 Å². The quantitative estimate of drug-likeness (QED) is 0.642. The standard InChI is InChI=1S/C20H18ClN3O3/c1-26-18-9-7-15(11-19(18)27-2)23-16-6-8-17(22-12-16)20(25)24-14-5-3-4-13(21)10-14/h3-12,23H,1-2H3,(H,24,25). The van der Waals surface area contributed by atoms with Crippen LogP contribution in [0.15, 0.2) is 60.8 Å². The van der Waals surface area contributed by atoms with Gasteiger partial charge >= 0.3 is 0 Å². The van der Waals surface area contributed by atoms with E-state index in [1.165, 1.54) is 0 Å². The molecule has 0 aliphatic heterocycles. The zero-order valence-electron chi connectivity index (χ0n) is 14.8. The van der Waals surface area contributed by atoms with Crippen LogP contribution in [0, 0.1) is 0 Å². The first-order chi connectivity index (χ1) is 13.1. The van der Waals surface area contributed by atoms with Gasteiger partial charge in [-0.25, -0.2) is 4.98 Å². The summed E-state index contributed by atoms with van der Waals surface area (Å²) in [7, 11) is 3.17. The van der Waals surface area contributed by atoms with Gasteiger partial charge in [-0.2, -0.15) is 0 Å². The summed E-state index contributed by atoms with van der Waals surface area (Å²) in [6.07, 6.45) is 1.59. The van der Waals surface area contributed by atoms with Crippen molar-refractivity contribution in [1.29, 1.82) is 0 Å². The number of anilines is 3. The number of hydrogen-bond acceptors (Lipinski definition) is 5. The Kier molecular flexibility index (Phi) is 5.78. The van der Waals surface area contributed by atoms with Crippen LogP contribution in [0.4, 0.5) is 17.1 Å². The third-order valence-corrected chi connectivity index (χ3v) is 3.99. The molecule has 0 atom stereocenters. The van der Waals surface area contributed by atoms with Crippen LogP contribution in [0.1, 0.15) is 10.5 Å². The lowest BCUT2D eigenvalue weighted by molar-refractivity contribution is 0.102. The van der Waals surface area contributed by atoms with Gasteiger partial charge in [-0.05, 0) is 42.5 Å². The molecule has 6 nitrogen and oxygen atoms in total. The van der Waals surface area contributed by atoms with Crippen LogP contribution in [-0.2, 0) is 0 Å². The second-order valence-electron chi connectivity index (χ2n) is 5.59. The molecule has 138 valence electrons. The normalized spacial score (nSPS) is 10.2. The molecule has 3 aromatic rings. The third-order valence-electron chi connectivity index (χ3n) is 3.75. The zero-order chi connectivity index (χ0) is 19.2. The van der Waals surface area contributed by atoms with Crippen molar-refractivity contribution in [2.24, 2.45) is 0 Å². The summed E-state index contributed by atoms with van der Waals surface area (Å²) in [4.78, 5) is 16.5. The fraction of sp³-hybridized carbons (Fsp3) is 0.100. The van der Waals surface area contributed by atoms with Crippen molar-refractivity contribution in [2.75, 3.05) is 24.9 Å². The number of amides is 1. The zero-order valence-corrected chi connectivity index (χ0v) is 15.6. The van der Waals surface area contributed by atoms with Crippen LogP contribution < -0.4 is 20.1 Å². The van der Waals surface area contributed by atoms with E-state index < -0.39 is 0 Å². The second-order valence-corrected chi connectivity index (χ2v) is 6.03. The van der Waals surface area contributed by atoms with Crippen molar-refractivity contribution in [3.05, 3.63) is 71.5 Å². The fourth-order valence-electron chi connectivity index (χ4n) is 2.44. The largest absolute Gasteiger partial charge is 0.493 e. The molecule has 27 heavy (non-hydrogen) atoms. The van der Waals surface area contributed by atoms with E-state index in [1.54, 1.807) is 62.9 Å². The highest BCUT2D eigenvalue weighted by Crippen LogP contribution is 2.31. The number of methoxy groups -OCH3 is 2. The molecular formula is C20H18ClN3O3. The van der Waals surface area contributed by atoms with E-state index in [2.05, 4.69) is 15.6 Å². The van der Waals surface area contributed by atoms with Crippen molar-refractivity contribution >= 4 is 34.6 Å². The molecule has 0 saturated carbocycles. The number of aromatic nitrogens is 1. The molecule has 1 amide bonds. The van der Waals surface area contributed by atoms with Gasteiger partial charge in [-0.15, -0.1) is 0 Å². The van der Waals surface area contributed by atoms with Gasteiger partial charge in [-0.3, -0.25) is 4.79 Å². The van der Waals surface area contributed by atoms with Crippen LogP contribution >= 0.6 is 11.6 Å². The van der Waals surface area contributed by atoms with E-state index in [0.29, 0.717) is 27.9 Å². The van der Waals surface area contributed by atoms with E-state index in [1.807, 2.05) is 12.1 Å². The third kappa shape index (κ3) is 4.68. The van der Waals surface area contributed by atoms with E-state index >= 15 is 0 Å². The maximum atomic E-state index is 12.3. The predicted octanol–water partition coefficient (Wildman–Crippen LogP) is 4.75. The van der Waals surface area contributed by atoms with Crippen LogP contribution in [0.3, 0.4) is 0 Å². The fourth-order valence-corrected chi connectivity index (χ4v) is 2.63. The number of nitrogens with zero attached hydrogens (tertiary/aromatic N) is 1. The molecular weight excluding hydrogens is 366 g/mol. The Morgan fingerprint density at radius 3 is 2.37 bits per heavy atom. The number of ether oxygens (including phenoxy) is 2. The molecule has 0 radical (unpaired) electrons. The lowest BCUT2D eigenvalue weighted by atomic mass is 10.2. The van der Waals surface area contributed by atoms with Crippen LogP contribution in [0.2, 0.25) is 5.02 Å². The minimum Gasteiger partial charge on any atom is -0.493 e. The summed E-state index contributed by atoms with van der Waals surface area (Å²) >= 11 is 5.92. The molecule has 2 aromatic carbocycles. The number of nitrogens with one attached hydrogen (secondary N) is 2. The number of pyridine rings is 1. The first-order valence-electron chi connectivity index (χ1n) is 8.11. The van der Waals surface area contributed by atoms with Gasteiger partial charge in [0.15, 0.2) is 11.5 Å². The molecule has 0 unspecified atom stereocenters. The highest BCUT2D eigenvalue weighted by Gasteiger charge is 2.09. The van der Waals surface area contributed by atoms with E-state index in [9.17, 15) is 4.79 Å². The smallest absolute Gasteiger partial charge is 0.274 e. The molecule has 0 saturated heterocycles. The molecule has 3 rings (SSSR count). The molecule has 0 spiro atoms.